The van der Waals surface area contributed by atoms with Gasteiger partial charge in [-0.2, -0.15) is 0 Å². The van der Waals surface area contributed by atoms with Crippen molar-refractivity contribution in [2.45, 2.75) is 37.2 Å². The average molecular weight is 545 g/mol. The maximum atomic E-state index is 13.8. The molecule has 1 heterocycles. The fraction of sp³-hybridized carbons (Fsp3) is 0.429. The van der Waals surface area contributed by atoms with Crippen LogP contribution in [0.4, 0.5) is 4.39 Å². The molecule has 0 unspecified atom stereocenters. The van der Waals surface area contributed by atoms with Gasteiger partial charge in [-0.25, -0.2) is 4.39 Å². The van der Waals surface area contributed by atoms with Crippen LogP contribution in [0.1, 0.15) is 22.6 Å². The van der Waals surface area contributed by atoms with Crippen LogP contribution in [0.25, 0.3) is 0 Å². The van der Waals surface area contributed by atoms with E-state index in [1.165, 1.54) is 37.3 Å². The van der Waals surface area contributed by atoms with E-state index >= 15 is 0 Å². The van der Waals surface area contributed by atoms with Gasteiger partial charge in [-0.3, -0.25) is 9.59 Å². The van der Waals surface area contributed by atoms with Gasteiger partial charge in [0.15, 0.2) is 11.5 Å². The second-order valence-electron chi connectivity index (χ2n) is 9.42. The third kappa shape index (κ3) is 5.91. The molecule has 10 nitrogen and oxygen atoms in total. The normalized spacial score (nSPS) is 21.3. The number of hydrogen-bond donors (Lipinski definition) is 4. The van der Waals surface area contributed by atoms with Gasteiger partial charge in [0.2, 0.25) is 11.8 Å². The van der Waals surface area contributed by atoms with Crippen LogP contribution in [-0.4, -0.2) is 90.8 Å². The zero-order chi connectivity index (χ0) is 28.1. The Morgan fingerprint density at radius 2 is 1.95 bits per heavy atom. The van der Waals surface area contributed by atoms with Crippen molar-refractivity contribution in [3.8, 4) is 11.5 Å². The molecule has 4 rings (SSSR count). The Balaban J connectivity index is 1.76. The highest BCUT2D eigenvalue weighted by Crippen LogP contribution is 2.51. The maximum Gasteiger partial charge on any atom is 0.249 e. The Bertz CT molecular complexity index is 1240. The minimum atomic E-state index is -1.26. The molecule has 2 aliphatic rings. The van der Waals surface area contributed by atoms with E-state index in [9.17, 15) is 29.3 Å². The summed E-state index contributed by atoms with van der Waals surface area (Å²) < 4.78 is 30.5. The Morgan fingerprint density at radius 1 is 1.15 bits per heavy atom. The molecule has 0 spiro atoms. The van der Waals surface area contributed by atoms with E-state index < -0.39 is 41.8 Å². The lowest BCUT2D eigenvalue weighted by Crippen LogP contribution is -2.56. The molecule has 0 fully saturated rings. The van der Waals surface area contributed by atoms with E-state index in [2.05, 4.69) is 5.32 Å². The molecule has 1 aliphatic carbocycles. The number of fused-ring (bicyclic) bond motifs is 3. The van der Waals surface area contributed by atoms with Gasteiger partial charge in [0.1, 0.15) is 24.6 Å². The largest absolute Gasteiger partial charge is 0.493 e. The van der Waals surface area contributed by atoms with E-state index in [0.29, 0.717) is 34.6 Å². The molecule has 11 heteroatoms. The second kappa shape index (κ2) is 12.6. The van der Waals surface area contributed by atoms with Crippen LogP contribution in [0, 0.1) is 5.82 Å². The number of rotatable bonds is 11. The molecule has 2 aromatic rings. The van der Waals surface area contributed by atoms with Gasteiger partial charge >= 0.3 is 0 Å². The summed E-state index contributed by atoms with van der Waals surface area (Å²) in [6.45, 7) is -0.713. The number of hydrogen-bond acceptors (Lipinski definition) is 8. The summed E-state index contributed by atoms with van der Waals surface area (Å²) in [6, 6.07) is 8.35. The molecule has 0 saturated heterocycles. The average Bonchev–Trinajstić information content (AvgIpc) is 3.32. The van der Waals surface area contributed by atoms with Crippen molar-refractivity contribution >= 4 is 11.8 Å². The zero-order valence-corrected chi connectivity index (χ0v) is 21.8. The molecule has 0 radical (unpaired) electrons. The molecular weight excluding hydrogens is 511 g/mol. The molecule has 2 aromatic carbocycles. The van der Waals surface area contributed by atoms with Crippen molar-refractivity contribution in [2.75, 3.05) is 40.5 Å². The smallest absolute Gasteiger partial charge is 0.249 e. The molecule has 4 atom stereocenters. The van der Waals surface area contributed by atoms with Crippen LogP contribution >= 0.6 is 0 Å². The summed E-state index contributed by atoms with van der Waals surface area (Å²) in [5.74, 6) is -1.39. The van der Waals surface area contributed by atoms with Crippen molar-refractivity contribution in [1.82, 2.24) is 10.2 Å². The van der Waals surface area contributed by atoms with Crippen molar-refractivity contribution in [3.05, 3.63) is 70.6 Å². The van der Waals surface area contributed by atoms with Crippen LogP contribution in [-0.2, 0) is 27.4 Å². The summed E-state index contributed by atoms with van der Waals surface area (Å²) >= 11 is 0. The predicted molar refractivity (Wildman–Crippen MR) is 138 cm³/mol. The number of benzene rings is 2. The third-order valence-corrected chi connectivity index (χ3v) is 6.97. The first-order chi connectivity index (χ1) is 18.8. The standard InChI is InChI=1S/C28H33FN2O8/c1-37-15-23(34)31(8-6-16-4-3-5-18(29)10-16)21-13-20(28(36)30-7-9-32)24-19-11-17(14-33)12-22(38-2)26(19)39-27(24)25(21)35/h3-5,10-13,21,24-25,27,32-33,35H,6-9,14-15H2,1-2H3,(H,30,36)/t21-,24+,25+,27+/m1/s1. The van der Waals surface area contributed by atoms with Crippen LogP contribution in [0.2, 0.25) is 0 Å². The van der Waals surface area contributed by atoms with Crippen LogP contribution in [0.15, 0.2) is 48.0 Å². The fourth-order valence-corrected chi connectivity index (χ4v) is 5.21. The Hall–Kier alpha value is -3.51. The van der Waals surface area contributed by atoms with Gasteiger partial charge in [0, 0.05) is 31.3 Å². The molecule has 0 bridgehead atoms. The quantitative estimate of drug-likeness (QED) is 0.324. The number of methoxy groups -OCH3 is 2. The fourth-order valence-electron chi connectivity index (χ4n) is 5.21. The number of aliphatic hydroxyl groups excluding tert-OH is 3. The van der Waals surface area contributed by atoms with Crippen molar-refractivity contribution < 1.29 is 43.5 Å². The topological polar surface area (TPSA) is 138 Å². The summed E-state index contributed by atoms with van der Waals surface area (Å²) in [5.41, 5.74) is 1.99. The molecule has 210 valence electrons. The minimum absolute atomic E-state index is 0.000383. The van der Waals surface area contributed by atoms with Gasteiger partial charge in [-0.1, -0.05) is 12.1 Å². The number of nitrogens with one attached hydrogen (secondary N) is 1. The van der Waals surface area contributed by atoms with Crippen molar-refractivity contribution in [2.24, 2.45) is 0 Å². The lowest BCUT2D eigenvalue weighted by molar-refractivity contribution is -0.141. The van der Waals surface area contributed by atoms with E-state index in [-0.39, 0.29) is 38.5 Å². The Kier molecular flexibility index (Phi) is 9.18. The highest BCUT2D eigenvalue weighted by Gasteiger charge is 2.51. The number of carbonyl (C=O) groups is 2. The lowest BCUT2D eigenvalue weighted by Gasteiger charge is -2.40. The van der Waals surface area contributed by atoms with Gasteiger partial charge in [0.05, 0.1) is 32.3 Å². The number of ether oxygens (including phenoxy) is 3. The molecule has 4 N–H and O–H groups in total. The molecule has 2 amide bonds. The first kappa shape index (κ1) is 28.5. The Morgan fingerprint density at radius 3 is 2.62 bits per heavy atom. The van der Waals surface area contributed by atoms with Gasteiger partial charge < -0.3 is 39.7 Å². The van der Waals surface area contributed by atoms with Crippen molar-refractivity contribution in [1.29, 1.82) is 0 Å². The molecule has 1 aliphatic heterocycles. The highest BCUT2D eigenvalue weighted by atomic mass is 19.1. The van der Waals surface area contributed by atoms with E-state index in [0.717, 1.165) is 0 Å². The number of amides is 2. The number of nitrogens with zero attached hydrogens (tertiary/aromatic N) is 1. The van der Waals surface area contributed by atoms with Gasteiger partial charge in [0.25, 0.3) is 0 Å². The van der Waals surface area contributed by atoms with Gasteiger partial charge in [-0.05, 0) is 47.9 Å². The number of halogens is 1. The molecule has 39 heavy (non-hydrogen) atoms. The minimum Gasteiger partial charge on any atom is -0.493 e. The first-order valence-electron chi connectivity index (χ1n) is 12.6. The third-order valence-electron chi connectivity index (χ3n) is 6.97. The monoisotopic (exact) mass is 544 g/mol. The van der Waals surface area contributed by atoms with Crippen LogP contribution < -0.4 is 14.8 Å². The first-order valence-corrected chi connectivity index (χ1v) is 12.6. The van der Waals surface area contributed by atoms with E-state index in [4.69, 9.17) is 14.2 Å². The summed E-state index contributed by atoms with van der Waals surface area (Å²) in [4.78, 5) is 27.9. The Labute approximate surface area is 225 Å². The van der Waals surface area contributed by atoms with Crippen LogP contribution in [0.5, 0.6) is 11.5 Å². The maximum absolute atomic E-state index is 13.8. The summed E-state index contributed by atoms with van der Waals surface area (Å²) in [6.07, 6.45) is -0.389. The second-order valence-corrected chi connectivity index (χ2v) is 9.42. The van der Waals surface area contributed by atoms with E-state index in [1.54, 1.807) is 24.3 Å². The van der Waals surface area contributed by atoms with E-state index in [1.807, 2.05) is 0 Å². The summed E-state index contributed by atoms with van der Waals surface area (Å²) in [7, 11) is 2.82. The molecule has 0 aromatic heterocycles. The van der Waals surface area contributed by atoms with Gasteiger partial charge in [-0.15, -0.1) is 0 Å². The summed E-state index contributed by atoms with van der Waals surface area (Å²) in [5, 5.41) is 33.3. The van der Waals surface area contributed by atoms with Crippen molar-refractivity contribution in [3.63, 3.8) is 0 Å². The SMILES string of the molecule is COCC(=O)N(CCc1cccc(F)c1)[C@@H]1C=C(C(=O)NCCO)[C@@H]2c3cc(CO)cc(OC)c3O[C@@H]2[C@H]1O. The van der Waals surface area contributed by atoms with Crippen LogP contribution in [0.3, 0.4) is 0 Å². The zero-order valence-electron chi connectivity index (χ0n) is 21.8. The molecular formula is C28H33FN2O8. The predicted octanol–water partition coefficient (Wildman–Crippen LogP) is 0.667. The lowest BCUT2D eigenvalue weighted by atomic mass is 9.77. The number of aliphatic hydroxyl groups is 3. The molecule has 0 saturated carbocycles. The highest BCUT2D eigenvalue weighted by molar-refractivity contribution is 5.96. The number of carbonyl (C=O) groups excluding carboxylic acids is 2.